The third kappa shape index (κ3) is 4.28. The lowest BCUT2D eigenvalue weighted by molar-refractivity contribution is -0.128. The van der Waals surface area contributed by atoms with E-state index >= 15 is 0 Å². The molecule has 0 saturated carbocycles. The molecular formula is C11H12N2O3. The molecule has 0 amide bonds. The van der Waals surface area contributed by atoms with Crippen molar-refractivity contribution in [2.24, 2.45) is 5.10 Å². The number of carbonyl (C=O) groups is 1. The first kappa shape index (κ1) is 11.8. The summed E-state index contributed by atoms with van der Waals surface area (Å²) in [4.78, 5) is 10.1. The highest BCUT2D eigenvalue weighted by Crippen LogP contribution is 2.15. The molecule has 84 valence electrons. The zero-order chi connectivity index (χ0) is 11.8. The van der Waals surface area contributed by atoms with Crippen molar-refractivity contribution in [1.82, 2.24) is 0 Å². The number of hydrogen-bond acceptors (Lipinski definition) is 4. The molecule has 0 unspecified atom stereocenters. The van der Waals surface area contributed by atoms with E-state index in [2.05, 4.69) is 17.1 Å². The van der Waals surface area contributed by atoms with Crippen molar-refractivity contribution >= 4 is 17.9 Å². The predicted octanol–water partition coefficient (Wildman–Crippen LogP) is 1.73. The van der Waals surface area contributed by atoms with Crippen molar-refractivity contribution in [3.63, 3.8) is 0 Å². The number of anilines is 1. The van der Waals surface area contributed by atoms with Crippen LogP contribution in [0.4, 0.5) is 5.69 Å². The molecule has 0 bridgehead atoms. The fraction of sp³-hybridized carbons (Fsp3) is 0.0909. The molecule has 0 saturated heterocycles. The van der Waals surface area contributed by atoms with Gasteiger partial charge in [0.15, 0.2) is 0 Å². The molecule has 1 rings (SSSR count). The molecule has 0 aliphatic carbocycles. The third-order valence-corrected chi connectivity index (χ3v) is 1.59. The Kier molecular flexibility index (Phi) is 4.59. The van der Waals surface area contributed by atoms with Gasteiger partial charge in [-0.2, -0.15) is 5.10 Å². The number of benzene rings is 1. The molecule has 5 heteroatoms. The Labute approximate surface area is 93.1 Å². The number of rotatable bonds is 6. The number of carboxylic acids is 1. The van der Waals surface area contributed by atoms with Gasteiger partial charge in [-0.3, -0.25) is 5.43 Å². The molecule has 0 heterocycles. The fourth-order valence-electron chi connectivity index (χ4n) is 0.943. The van der Waals surface area contributed by atoms with E-state index < -0.39 is 5.97 Å². The number of aliphatic carboxylic acids is 1. The minimum absolute atomic E-state index is 0.448. The lowest BCUT2D eigenvalue weighted by Crippen LogP contribution is -1.98. The van der Waals surface area contributed by atoms with E-state index in [-0.39, 0.29) is 0 Å². The quantitative estimate of drug-likeness (QED) is 0.435. The fourth-order valence-corrected chi connectivity index (χ4v) is 0.943. The van der Waals surface area contributed by atoms with Crippen LogP contribution in [0.1, 0.15) is 0 Å². The number of carboxylic acid groups (broad SMARTS) is 1. The molecule has 0 fully saturated rings. The molecule has 0 atom stereocenters. The molecule has 0 aliphatic rings. The van der Waals surface area contributed by atoms with Gasteiger partial charge < -0.3 is 9.84 Å². The van der Waals surface area contributed by atoms with Gasteiger partial charge >= 0.3 is 5.97 Å². The maximum Gasteiger partial charge on any atom is 0.348 e. The zero-order valence-electron chi connectivity index (χ0n) is 8.59. The van der Waals surface area contributed by atoms with Gasteiger partial charge in [-0.25, -0.2) is 4.79 Å². The van der Waals surface area contributed by atoms with Crippen LogP contribution in [0.3, 0.4) is 0 Å². The molecular weight excluding hydrogens is 208 g/mol. The standard InChI is InChI=1S/C11H12N2O3/c1-2-7-16-10-5-3-9(4-6-10)13-12-8-11(14)15/h2-6,8,13H,1,7H2,(H,14,15)/b12-8+. The average molecular weight is 220 g/mol. The predicted molar refractivity (Wildman–Crippen MR) is 61.9 cm³/mol. The van der Waals surface area contributed by atoms with Crippen LogP contribution in [-0.2, 0) is 4.79 Å². The Bertz CT molecular complexity index is 385. The number of hydrazone groups is 1. The first-order chi connectivity index (χ1) is 7.72. The minimum Gasteiger partial charge on any atom is -0.490 e. The first-order valence-electron chi connectivity index (χ1n) is 4.58. The van der Waals surface area contributed by atoms with E-state index in [9.17, 15) is 4.79 Å². The third-order valence-electron chi connectivity index (χ3n) is 1.59. The summed E-state index contributed by atoms with van der Waals surface area (Å²) in [6.07, 6.45) is 2.44. The van der Waals surface area contributed by atoms with Gasteiger partial charge in [0.2, 0.25) is 0 Å². The Morgan fingerprint density at radius 1 is 1.50 bits per heavy atom. The van der Waals surface area contributed by atoms with Crippen LogP contribution >= 0.6 is 0 Å². The summed E-state index contributed by atoms with van der Waals surface area (Å²) in [5, 5.41) is 11.8. The maximum absolute atomic E-state index is 10.1. The van der Waals surface area contributed by atoms with Crippen molar-refractivity contribution in [3.8, 4) is 5.75 Å². The van der Waals surface area contributed by atoms with E-state index in [1.54, 1.807) is 30.3 Å². The normalized spacial score (nSPS) is 10.0. The van der Waals surface area contributed by atoms with Crippen LogP contribution in [-0.4, -0.2) is 23.9 Å². The summed E-state index contributed by atoms with van der Waals surface area (Å²) < 4.78 is 5.27. The van der Waals surface area contributed by atoms with Crippen molar-refractivity contribution in [3.05, 3.63) is 36.9 Å². The minimum atomic E-state index is -1.10. The van der Waals surface area contributed by atoms with E-state index in [1.165, 1.54) is 0 Å². The van der Waals surface area contributed by atoms with Crippen LogP contribution in [0.2, 0.25) is 0 Å². The highest BCUT2D eigenvalue weighted by Gasteiger charge is 1.93. The number of nitrogens with zero attached hydrogens (tertiary/aromatic N) is 1. The Hall–Kier alpha value is -2.30. The van der Waals surface area contributed by atoms with E-state index in [0.29, 0.717) is 18.0 Å². The van der Waals surface area contributed by atoms with Crippen LogP contribution in [0.15, 0.2) is 42.0 Å². The SMILES string of the molecule is C=CCOc1ccc(N/N=C/C(=O)O)cc1. The molecule has 1 aromatic rings. The molecule has 16 heavy (non-hydrogen) atoms. The van der Waals surface area contributed by atoms with Crippen LogP contribution in [0, 0.1) is 0 Å². The van der Waals surface area contributed by atoms with Crippen LogP contribution in [0.25, 0.3) is 0 Å². The van der Waals surface area contributed by atoms with Gasteiger partial charge in [-0.15, -0.1) is 0 Å². The lowest BCUT2D eigenvalue weighted by Gasteiger charge is -2.04. The highest BCUT2D eigenvalue weighted by atomic mass is 16.5. The van der Waals surface area contributed by atoms with Gasteiger partial charge in [0.05, 0.1) is 5.69 Å². The number of hydrogen-bond donors (Lipinski definition) is 2. The van der Waals surface area contributed by atoms with E-state index in [0.717, 1.165) is 6.21 Å². The maximum atomic E-state index is 10.1. The van der Waals surface area contributed by atoms with Crippen LogP contribution < -0.4 is 10.2 Å². The topological polar surface area (TPSA) is 70.9 Å². The second kappa shape index (κ2) is 6.23. The van der Waals surface area contributed by atoms with E-state index in [1.807, 2.05) is 0 Å². The van der Waals surface area contributed by atoms with Gasteiger partial charge in [-0.1, -0.05) is 12.7 Å². The molecule has 0 radical (unpaired) electrons. The van der Waals surface area contributed by atoms with Crippen molar-refractivity contribution < 1.29 is 14.6 Å². The zero-order valence-corrected chi connectivity index (χ0v) is 8.59. The molecule has 2 N–H and O–H groups in total. The Morgan fingerprint density at radius 2 is 2.19 bits per heavy atom. The Morgan fingerprint density at radius 3 is 2.75 bits per heavy atom. The lowest BCUT2D eigenvalue weighted by atomic mass is 10.3. The first-order valence-corrected chi connectivity index (χ1v) is 4.58. The summed E-state index contributed by atoms with van der Waals surface area (Å²) in [7, 11) is 0. The summed E-state index contributed by atoms with van der Waals surface area (Å²) >= 11 is 0. The Balaban J connectivity index is 2.50. The van der Waals surface area contributed by atoms with E-state index in [4.69, 9.17) is 9.84 Å². The van der Waals surface area contributed by atoms with Gasteiger partial charge in [0, 0.05) is 0 Å². The van der Waals surface area contributed by atoms with Crippen molar-refractivity contribution in [1.29, 1.82) is 0 Å². The molecule has 5 nitrogen and oxygen atoms in total. The molecule has 0 aliphatic heterocycles. The van der Waals surface area contributed by atoms with Crippen molar-refractivity contribution in [2.75, 3.05) is 12.0 Å². The van der Waals surface area contributed by atoms with Gasteiger partial charge in [0.25, 0.3) is 0 Å². The van der Waals surface area contributed by atoms with Gasteiger partial charge in [-0.05, 0) is 24.3 Å². The van der Waals surface area contributed by atoms with Crippen LogP contribution in [0.5, 0.6) is 5.75 Å². The van der Waals surface area contributed by atoms with Gasteiger partial charge in [0.1, 0.15) is 18.6 Å². The number of ether oxygens (including phenoxy) is 1. The smallest absolute Gasteiger partial charge is 0.348 e. The summed E-state index contributed by atoms with van der Waals surface area (Å²) in [5.41, 5.74) is 3.26. The summed E-state index contributed by atoms with van der Waals surface area (Å²) in [6, 6.07) is 6.97. The second-order valence-electron chi connectivity index (χ2n) is 2.83. The summed E-state index contributed by atoms with van der Waals surface area (Å²) in [5.74, 6) is -0.383. The largest absolute Gasteiger partial charge is 0.490 e. The monoisotopic (exact) mass is 220 g/mol. The van der Waals surface area contributed by atoms with Crippen molar-refractivity contribution in [2.45, 2.75) is 0 Å². The highest BCUT2D eigenvalue weighted by molar-refractivity contribution is 6.22. The molecule has 0 spiro atoms. The molecule has 0 aromatic heterocycles. The molecule has 1 aromatic carbocycles. The average Bonchev–Trinajstić information content (AvgIpc) is 2.27. The number of nitrogens with one attached hydrogen (secondary N) is 1. The summed E-state index contributed by atoms with van der Waals surface area (Å²) in [6.45, 7) is 3.99. The second-order valence-corrected chi connectivity index (χ2v) is 2.83.